The summed E-state index contributed by atoms with van der Waals surface area (Å²) in [5.41, 5.74) is 6.32. The van der Waals surface area contributed by atoms with Crippen LogP contribution < -0.4 is 10.5 Å². The van der Waals surface area contributed by atoms with Gasteiger partial charge in [0.15, 0.2) is 11.7 Å². The molecule has 170 valence electrons. The molecular weight excluding hydrogens is 436 g/mol. The van der Waals surface area contributed by atoms with Crippen molar-refractivity contribution in [2.45, 2.75) is 19.9 Å². The van der Waals surface area contributed by atoms with E-state index in [1.807, 2.05) is 73.7 Å². The standard InChI is InChI=1S/C28H22N6O/c1-19-11-13-21(14-12-19)17-30-34-26-24(25-27(34)32-23-10-6-5-9-22(23)31-25)28(35)33(18-29-26)16-15-20-7-3-2-4-8-20/h2-14,17-18H,15-16H2,1H3/p+1/b30-17+. The summed E-state index contributed by atoms with van der Waals surface area (Å²) in [7, 11) is 0. The molecule has 0 aliphatic carbocycles. The fraction of sp³-hybridized carbons (Fsp3) is 0.107. The first-order valence-electron chi connectivity index (χ1n) is 11.5. The number of hydrogen-bond acceptors (Lipinski definition) is 4. The highest BCUT2D eigenvalue weighted by Crippen LogP contribution is 2.23. The van der Waals surface area contributed by atoms with Crippen LogP contribution in [0.2, 0.25) is 0 Å². The first-order chi connectivity index (χ1) is 17.2. The van der Waals surface area contributed by atoms with Crippen molar-refractivity contribution in [3.05, 3.63) is 112 Å². The highest BCUT2D eigenvalue weighted by atomic mass is 16.1. The Balaban J connectivity index is 1.53. The summed E-state index contributed by atoms with van der Waals surface area (Å²) in [6, 6.07) is 25.9. The molecule has 0 bridgehead atoms. The van der Waals surface area contributed by atoms with Crippen molar-refractivity contribution in [2.75, 3.05) is 0 Å². The van der Waals surface area contributed by atoms with Gasteiger partial charge < -0.3 is 0 Å². The van der Waals surface area contributed by atoms with Gasteiger partial charge in [0.1, 0.15) is 5.52 Å². The van der Waals surface area contributed by atoms with Crippen LogP contribution >= 0.6 is 0 Å². The first kappa shape index (κ1) is 20.9. The first-order valence-corrected chi connectivity index (χ1v) is 11.5. The molecule has 3 aromatic heterocycles. The molecule has 0 spiro atoms. The lowest BCUT2D eigenvalue weighted by molar-refractivity contribution is -0.357. The van der Waals surface area contributed by atoms with Crippen molar-refractivity contribution in [2.24, 2.45) is 5.10 Å². The van der Waals surface area contributed by atoms with Crippen LogP contribution in [0, 0.1) is 6.92 Å². The Kier molecular flexibility index (Phi) is 5.15. The Bertz CT molecular complexity index is 1770. The summed E-state index contributed by atoms with van der Waals surface area (Å²) in [5, 5.41) is 5.18. The van der Waals surface area contributed by atoms with E-state index >= 15 is 0 Å². The zero-order chi connectivity index (χ0) is 23.8. The molecule has 0 saturated heterocycles. The maximum absolute atomic E-state index is 13.6. The van der Waals surface area contributed by atoms with Gasteiger partial charge in [-0.1, -0.05) is 72.3 Å². The number of H-pyrrole nitrogens is 1. The Morgan fingerprint density at radius 2 is 1.63 bits per heavy atom. The van der Waals surface area contributed by atoms with E-state index in [1.165, 1.54) is 11.1 Å². The lowest BCUT2D eigenvalue weighted by Gasteiger charge is -2.02. The molecule has 0 aliphatic heterocycles. The summed E-state index contributed by atoms with van der Waals surface area (Å²) in [4.78, 5) is 26.6. The molecule has 7 nitrogen and oxygen atoms in total. The van der Waals surface area contributed by atoms with Crippen LogP contribution in [-0.2, 0) is 13.0 Å². The number of benzene rings is 3. The molecule has 0 fully saturated rings. The average Bonchev–Trinajstić information content (AvgIpc) is 3.20. The van der Waals surface area contributed by atoms with E-state index in [4.69, 9.17) is 15.1 Å². The molecule has 35 heavy (non-hydrogen) atoms. The summed E-state index contributed by atoms with van der Waals surface area (Å²) < 4.78 is 3.37. The van der Waals surface area contributed by atoms with Gasteiger partial charge in [0.05, 0.1) is 23.8 Å². The van der Waals surface area contributed by atoms with Crippen molar-refractivity contribution in [3.8, 4) is 0 Å². The SMILES string of the molecule is Cc1ccc(/C=N/n2c3nc4ccccc4nc3c3c(=O)n(CCc4ccccc4)c[nH+]c32)cc1. The quantitative estimate of drug-likeness (QED) is 0.363. The maximum atomic E-state index is 13.6. The highest BCUT2D eigenvalue weighted by Gasteiger charge is 2.24. The van der Waals surface area contributed by atoms with Gasteiger partial charge in [-0.25, -0.2) is 24.3 Å². The van der Waals surface area contributed by atoms with E-state index in [1.54, 1.807) is 21.8 Å². The predicted molar refractivity (Wildman–Crippen MR) is 138 cm³/mol. The van der Waals surface area contributed by atoms with Gasteiger partial charge >= 0.3 is 5.56 Å². The molecule has 6 rings (SSSR count). The third-order valence-corrected chi connectivity index (χ3v) is 6.15. The third kappa shape index (κ3) is 3.87. The van der Waals surface area contributed by atoms with Crippen LogP contribution in [0.5, 0.6) is 0 Å². The van der Waals surface area contributed by atoms with E-state index in [9.17, 15) is 4.79 Å². The average molecular weight is 460 g/mol. The second kappa shape index (κ2) is 8.61. The molecule has 7 heteroatoms. The van der Waals surface area contributed by atoms with Crippen LogP contribution in [0.25, 0.3) is 33.2 Å². The van der Waals surface area contributed by atoms with Crippen molar-refractivity contribution < 1.29 is 4.98 Å². The van der Waals surface area contributed by atoms with Gasteiger partial charge in [-0.2, -0.15) is 0 Å². The van der Waals surface area contributed by atoms with E-state index in [0.717, 1.165) is 23.0 Å². The molecule has 0 unspecified atom stereocenters. The van der Waals surface area contributed by atoms with Gasteiger partial charge in [0, 0.05) is 6.42 Å². The van der Waals surface area contributed by atoms with Crippen molar-refractivity contribution >= 4 is 39.4 Å². The van der Waals surface area contributed by atoms with Gasteiger partial charge in [-0.15, -0.1) is 9.78 Å². The number of nitrogens with zero attached hydrogens (tertiary/aromatic N) is 5. The van der Waals surface area contributed by atoms with Crippen LogP contribution in [0.15, 0.2) is 95.1 Å². The smallest absolute Gasteiger partial charge is 0.250 e. The zero-order valence-electron chi connectivity index (χ0n) is 19.2. The molecule has 3 aromatic carbocycles. The monoisotopic (exact) mass is 459 g/mol. The lowest BCUT2D eigenvalue weighted by Crippen LogP contribution is -2.27. The Morgan fingerprint density at radius 3 is 2.40 bits per heavy atom. The van der Waals surface area contributed by atoms with Crippen LogP contribution in [-0.4, -0.2) is 25.4 Å². The third-order valence-electron chi connectivity index (χ3n) is 6.15. The van der Waals surface area contributed by atoms with Crippen molar-refractivity contribution in [1.29, 1.82) is 0 Å². The fourth-order valence-corrected chi connectivity index (χ4v) is 4.26. The number of nitrogens with one attached hydrogen (secondary N) is 1. The molecule has 0 saturated carbocycles. The number of para-hydroxylation sites is 2. The molecule has 0 amide bonds. The van der Waals surface area contributed by atoms with Gasteiger partial charge in [0.2, 0.25) is 5.65 Å². The minimum atomic E-state index is -0.117. The maximum Gasteiger partial charge on any atom is 0.322 e. The Morgan fingerprint density at radius 1 is 0.914 bits per heavy atom. The summed E-state index contributed by atoms with van der Waals surface area (Å²) >= 11 is 0. The van der Waals surface area contributed by atoms with Crippen LogP contribution in [0.4, 0.5) is 0 Å². The van der Waals surface area contributed by atoms with Crippen molar-refractivity contribution in [1.82, 2.24) is 19.2 Å². The normalized spacial score (nSPS) is 11.8. The Hall–Kier alpha value is -4.65. The van der Waals surface area contributed by atoms with E-state index in [0.29, 0.717) is 28.7 Å². The highest BCUT2D eigenvalue weighted by molar-refractivity contribution is 6.03. The van der Waals surface area contributed by atoms with Crippen LogP contribution in [0.3, 0.4) is 0 Å². The zero-order valence-corrected chi connectivity index (χ0v) is 19.2. The molecule has 1 N–H and O–H groups in total. The fourth-order valence-electron chi connectivity index (χ4n) is 4.26. The number of rotatable bonds is 5. The molecule has 3 heterocycles. The summed E-state index contributed by atoms with van der Waals surface area (Å²) in [6.45, 7) is 2.60. The van der Waals surface area contributed by atoms with E-state index in [2.05, 4.69) is 17.1 Å². The second-order valence-corrected chi connectivity index (χ2v) is 8.58. The molecule has 0 atom stereocenters. The van der Waals surface area contributed by atoms with Gasteiger partial charge in [0.25, 0.3) is 5.65 Å². The number of hydrogen-bond donors (Lipinski definition) is 0. The molecule has 0 radical (unpaired) electrons. The Labute approximate surface area is 201 Å². The van der Waals surface area contributed by atoms with Crippen LogP contribution in [0.1, 0.15) is 16.7 Å². The summed E-state index contributed by atoms with van der Waals surface area (Å²) in [5.74, 6) is 0. The molecule has 6 aromatic rings. The minimum absolute atomic E-state index is 0.117. The predicted octanol–water partition coefficient (Wildman–Crippen LogP) is 4.15. The van der Waals surface area contributed by atoms with Crippen molar-refractivity contribution in [3.63, 3.8) is 0 Å². The molecule has 0 aliphatic rings. The van der Waals surface area contributed by atoms with E-state index in [-0.39, 0.29) is 5.56 Å². The number of aromatic nitrogens is 5. The topological polar surface area (TPSA) is 79.2 Å². The van der Waals surface area contributed by atoms with E-state index < -0.39 is 0 Å². The minimum Gasteiger partial charge on any atom is -0.250 e. The number of aromatic amines is 1. The van der Waals surface area contributed by atoms with Gasteiger partial charge in [-0.05, 0) is 30.2 Å². The van der Waals surface area contributed by atoms with Gasteiger partial charge in [-0.3, -0.25) is 0 Å². The number of aryl methyl sites for hydroxylation is 3. The number of fused-ring (bicyclic) bond motifs is 4. The second-order valence-electron chi connectivity index (χ2n) is 8.58. The molecular formula is C28H23N6O+. The summed E-state index contributed by atoms with van der Waals surface area (Å²) in [6.07, 6.45) is 4.23. The lowest BCUT2D eigenvalue weighted by atomic mass is 10.1. The largest absolute Gasteiger partial charge is 0.322 e.